The van der Waals surface area contributed by atoms with Crippen LogP contribution < -0.4 is 4.31 Å². The third kappa shape index (κ3) is 4.85. The van der Waals surface area contributed by atoms with E-state index in [1.807, 2.05) is 37.3 Å². The van der Waals surface area contributed by atoms with Crippen molar-refractivity contribution in [1.82, 2.24) is 19.5 Å². The molecule has 0 aliphatic heterocycles. The number of rotatable bonds is 7. The standard InChI is InChI=1S/C29H27N5O3S/c1-4-26-32-27-19(2)16-20(3)31-28(27)33(26)18-21-10-12-22(13-11-21)24-14-15-30-17-25(24)34(38(36)37)29(35)23-8-6-5-7-9-23/h5-17H,4,18H2,1-3H3,(H,36,37)/p-1. The van der Waals surface area contributed by atoms with Gasteiger partial charge in [0.1, 0.15) is 11.3 Å². The Morgan fingerprint density at radius 1 is 1.03 bits per heavy atom. The molecule has 8 nitrogen and oxygen atoms in total. The van der Waals surface area contributed by atoms with Gasteiger partial charge in [0.15, 0.2) is 5.65 Å². The number of anilines is 1. The minimum absolute atomic E-state index is 0.187. The molecule has 38 heavy (non-hydrogen) atoms. The van der Waals surface area contributed by atoms with Crippen molar-refractivity contribution in [2.75, 3.05) is 4.31 Å². The largest absolute Gasteiger partial charge is 0.755 e. The van der Waals surface area contributed by atoms with E-state index in [0.29, 0.717) is 12.1 Å². The SMILES string of the molecule is CCc1nc2c(C)cc(C)nc2n1Cc1ccc(-c2ccncc2N(C(=O)c2ccccc2)S(=O)[O-])cc1. The Morgan fingerprint density at radius 2 is 1.76 bits per heavy atom. The topological polar surface area (TPSA) is 104 Å². The maximum atomic E-state index is 13.1. The Balaban J connectivity index is 1.49. The Labute approximate surface area is 223 Å². The lowest BCUT2D eigenvalue weighted by atomic mass is 10.0. The van der Waals surface area contributed by atoms with Crippen LogP contribution in [0.4, 0.5) is 5.69 Å². The second-order valence-electron chi connectivity index (χ2n) is 8.99. The van der Waals surface area contributed by atoms with Crippen LogP contribution in [0.5, 0.6) is 0 Å². The van der Waals surface area contributed by atoms with Gasteiger partial charge in [0, 0.05) is 29.4 Å². The number of fused-ring (bicyclic) bond motifs is 1. The first-order valence-corrected chi connectivity index (χ1v) is 13.3. The van der Waals surface area contributed by atoms with E-state index in [-0.39, 0.29) is 11.3 Å². The fraction of sp³-hybridized carbons (Fsp3) is 0.172. The van der Waals surface area contributed by atoms with E-state index >= 15 is 0 Å². The lowest BCUT2D eigenvalue weighted by molar-refractivity contribution is 0.100. The zero-order valence-electron chi connectivity index (χ0n) is 21.3. The van der Waals surface area contributed by atoms with Crippen LogP contribution >= 0.6 is 0 Å². The van der Waals surface area contributed by atoms with Gasteiger partial charge in [-0.2, -0.15) is 0 Å². The van der Waals surface area contributed by atoms with Crippen LogP contribution in [-0.2, 0) is 24.2 Å². The maximum Gasteiger partial charge on any atom is 0.269 e. The molecule has 0 saturated carbocycles. The molecule has 0 spiro atoms. The molecule has 9 heteroatoms. The number of nitrogens with zero attached hydrogens (tertiary/aromatic N) is 5. The van der Waals surface area contributed by atoms with Crippen molar-refractivity contribution in [3.63, 3.8) is 0 Å². The molecule has 2 aromatic carbocycles. The molecule has 5 aromatic rings. The van der Waals surface area contributed by atoms with Gasteiger partial charge in [0.2, 0.25) is 0 Å². The van der Waals surface area contributed by atoms with Gasteiger partial charge in [-0.3, -0.25) is 14.0 Å². The lowest BCUT2D eigenvalue weighted by Crippen LogP contribution is -2.33. The summed E-state index contributed by atoms with van der Waals surface area (Å²) >= 11 is -2.84. The molecule has 3 aromatic heterocycles. The predicted molar refractivity (Wildman–Crippen MR) is 147 cm³/mol. The fourth-order valence-corrected chi connectivity index (χ4v) is 5.15. The molecule has 1 unspecified atom stereocenters. The van der Waals surface area contributed by atoms with Gasteiger partial charge >= 0.3 is 0 Å². The number of hydrogen-bond donors (Lipinski definition) is 0. The zero-order chi connectivity index (χ0) is 26.8. The highest BCUT2D eigenvalue weighted by Crippen LogP contribution is 2.32. The number of hydrogen-bond acceptors (Lipinski definition) is 6. The number of imidazole rings is 1. The first-order chi connectivity index (χ1) is 18.4. The fourth-order valence-electron chi connectivity index (χ4n) is 4.60. The third-order valence-electron chi connectivity index (χ3n) is 6.40. The van der Waals surface area contributed by atoms with Crippen LogP contribution in [0.1, 0.15) is 39.9 Å². The minimum Gasteiger partial charge on any atom is -0.755 e. The number of carbonyl (C=O) groups excluding carboxylic acids is 1. The summed E-state index contributed by atoms with van der Waals surface area (Å²) in [5.41, 5.74) is 6.67. The molecule has 192 valence electrons. The van der Waals surface area contributed by atoms with Crippen molar-refractivity contribution in [2.45, 2.75) is 33.7 Å². The number of pyridine rings is 2. The number of aryl methyl sites for hydroxylation is 3. The molecule has 0 N–H and O–H groups in total. The van der Waals surface area contributed by atoms with E-state index in [1.165, 1.54) is 6.20 Å². The van der Waals surface area contributed by atoms with E-state index < -0.39 is 17.2 Å². The smallest absolute Gasteiger partial charge is 0.269 e. The normalized spacial score (nSPS) is 12.0. The predicted octanol–water partition coefficient (Wildman–Crippen LogP) is 5.16. The van der Waals surface area contributed by atoms with Crippen LogP contribution in [0.15, 0.2) is 79.1 Å². The summed E-state index contributed by atoms with van der Waals surface area (Å²) in [5.74, 6) is 0.316. The van der Waals surface area contributed by atoms with Crippen LogP contribution in [0.3, 0.4) is 0 Å². The molecule has 1 atom stereocenters. The molecular formula is C29H26N5O3S-. The molecule has 3 heterocycles. The van der Waals surface area contributed by atoms with Crippen LogP contribution in [-0.4, -0.2) is 34.2 Å². The highest BCUT2D eigenvalue weighted by Gasteiger charge is 2.22. The lowest BCUT2D eigenvalue weighted by Gasteiger charge is -2.26. The molecule has 0 saturated heterocycles. The number of carbonyl (C=O) groups is 1. The molecular weight excluding hydrogens is 498 g/mol. The van der Waals surface area contributed by atoms with Crippen LogP contribution in [0.25, 0.3) is 22.3 Å². The maximum absolute atomic E-state index is 13.1. The molecule has 1 amide bonds. The van der Waals surface area contributed by atoms with Gasteiger partial charge in [-0.05, 0) is 54.8 Å². The summed E-state index contributed by atoms with van der Waals surface area (Å²) in [6, 6.07) is 19.9. The average Bonchev–Trinajstić information content (AvgIpc) is 3.27. The summed E-state index contributed by atoms with van der Waals surface area (Å²) in [6.07, 6.45) is 3.75. The van der Waals surface area contributed by atoms with Crippen molar-refractivity contribution in [3.05, 3.63) is 107 Å². The van der Waals surface area contributed by atoms with Gasteiger partial charge < -0.3 is 9.12 Å². The van der Waals surface area contributed by atoms with E-state index in [9.17, 15) is 13.6 Å². The molecule has 5 rings (SSSR count). The highest BCUT2D eigenvalue weighted by atomic mass is 32.2. The first kappa shape index (κ1) is 25.4. The number of benzene rings is 2. The Kier molecular flexibility index (Phi) is 7.13. The highest BCUT2D eigenvalue weighted by molar-refractivity contribution is 7.81. The zero-order valence-corrected chi connectivity index (χ0v) is 22.1. The third-order valence-corrected chi connectivity index (χ3v) is 7.06. The van der Waals surface area contributed by atoms with Crippen molar-refractivity contribution in [3.8, 4) is 11.1 Å². The van der Waals surface area contributed by atoms with Gasteiger partial charge in [-0.15, -0.1) is 0 Å². The number of amides is 1. The average molecular weight is 525 g/mol. The summed E-state index contributed by atoms with van der Waals surface area (Å²) in [5, 5.41) is 0. The van der Waals surface area contributed by atoms with E-state index in [0.717, 1.165) is 50.1 Å². The number of aromatic nitrogens is 4. The molecule has 0 aliphatic rings. The van der Waals surface area contributed by atoms with Crippen molar-refractivity contribution < 1.29 is 13.6 Å². The van der Waals surface area contributed by atoms with Gasteiger partial charge in [0.05, 0.1) is 29.7 Å². The van der Waals surface area contributed by atoms with E-state index in [4.69, 9.17) is 9.97 Å². The minimum atomic E-state index is -2.84. The van der Waals surface area contributed by atoms with Gasteiger partial charge in [-0.1, -0.05) is 49.4 Å². The molecule has 0 fully saturated rings. The summed E-state index contributed by atoms with van der Waals surface area (Å²) in [4.78, 5) is 26.8. The summed E-state index contributed by atoms with van der Waals surface area (Å²) < 4.78 is 27.3. The van der Waals surface area contributed by atoms with Crippen molar-refractivity contribution >= 4 is 34.0 Å². The summed E-state index contributed by atoms with van der Waals surface area (Å²) in [7, 11) is 0. The van der Waals surface area contributed by atoms with Gasteiger partial charge in [0.25, 0.3) is 5.91 Å². The Bertz CT molecular complexity index is 1650. The first-order valence-electron chi connectivity index (χ1n) is 12.2. The quantitative estimate of drug-likeness (QED) is 0.272. The van der Waals surface area contributed by atoms with Crippen molar-refractivity contribution in [2.24, 2.45) is 0 Å². The van der Waals surface area contributed by atoms with E-state index in [2.05, 4.69) is 23.4 Å². The molecule has 0 aliphatic carbocycles. The molecule has 0 bridgehead atoms. The Hall–Kier alpha value is -4.21. The van der Waals surface area contributed by atoms with Crippen LogP contribution in [0.2, 0.25) is 0 Å². The second kappa shape index (κ2) is 10.6. The molecule has 0 radical (unpaired) electrons. The second-order valence-corrected chi connectivity index (χ2v) is 9.79. The van der Waals surface area contributed by atoms with Crippen molar-refractivity contribution in [1.29, 1.82) is 0 Å². The van der Waals surface area contributed by atoms with Crippen LogP contribution in [0, 0.1) is 13.8 Å². The monoisotopic (exact) mass is 524 g/mol. The van der Waals surface area contributed by atoms with Gasteiger partial charge in [-0.25, -0.2) is 14.3 Å². The van der Waals surface area contributed by atoms with E-state index in [1.54, 1.807) is 42.6 Å². The summed E-state index contributed by atoms with van der Waals surface area (Å²) in [6.45, 7) is 6.71. The Morgan fingerprint density at radius 3 is 2.45 bits per heavy atom.